The van der Waals surface area contributed by atoms with Crippen LogP contribution in [0.1, 0.15) is 129 Å². The number of rotatable bonds is 23. The first-order valence-electron chi connectivity index (χ1n) is 13.5. The van der Waals surface area contributed by atoms with E-state index in [9.17, 15) is 9.59 Å². The molecular formula is C28H52N2O2. The van der Waals surface area contributed by atoms with E-state index in [2.05, 4.69) is 48.8 Å². The van der Waals surface area contributed by atoms with Crippen molar-refractivity contribution >= 4 is 11.8 Å². The molecular weight excluding hydrogens is 396 g/mol. The second-order valence-corrected chi connectivity index (χ2v) is 8.83. The van der Waals surface area contributed by atoms with E-state index in [1.165, 1.54) is 77.0 Å². The van der Waals surface area contributed by atoms with Gasteiger partial charge in [-0.15, -0.1) is 0 Å². The third-order valence-corrected chi connectivity index (χ3v) is 5.54. The van der Waals surface area contributed by atoms with Crippen LogP contribution >= 0.6 is 0 Å². The molecule has 2 amide bonds. The van der Waals surface area contributed by atoms with Gasteiger partial charge in [-0.05, 0) is 64.2 Å². The Hall–Kier alpha value is -1.58. The van der Waals surface area contributed by atoms with E-state index in [1.54, 1.807) is 0 Å². The molecule has 0 spiro atoms. The first-order valence-corrected chi connectivity index (χ1v) is 13.5. The minimum absolute atomic E-state index is 0.123. The van der Waals surface area contributed by atoms with Gasteiger partial charge in [0.15, 0.2) is 0 Å². The lowest BCUT2D eigenvalue weighted by Crippen LogP contribution is -2.25. The maximum Gasteiger partial charge on any atom is 0.219 e. The van der Waals surface area contributed by atoms with Gasteiger partial charge in [-0.3, -0.25) is 9.59 Å². The molecule has 0 radical (unpaired) electrons. The summed E-state index contributed by atoms with van der Waals surface area (Å²) in [7, 11) is 0. The molecule has 4 heteroatoms. The number of hydrogen-bond acceptors (Lipinski definition) is 2. The smallest absolute Gasteiger partial charge is 0.219 e. The van der Waals surface area contributed by atoms with Gasteiger partial charge in [0.2, 0.25) is 11.8 Å². The molecule has 0 saturated carbocycles. The van der Waals surface area contributed by atoms with E-state index in [1.807, 2.05) is 0 Å². The SMILES string of the molecule is CCC/C=C/CCCCCCNC(=O)CCCCC(=O)NCCCCCC/C=C/CCC. The first kappa shape index (κ1) is 30.4. The van der Waals surface area contributed by atoms with E-state index < -0.39 is 0 Å². The molecule has 0 aliphatic heterocycles. The Kier molecular flexibility index (Phi) is 24.4. The average molecular weight is 449 g/mol. The van der Waals surface area contributed by atoms with Crippen LogP contribution in [0.2, 0.25) is 0 Å². The zero-order valence-corrected chi connectivity index (χ0v) is 21.3. The third-order valence-electron chi connectivity index (χ3n) is 5.54. The highest BCUT2D eigenvalue weighted by atomic mass is 16.2. The van der Waals surface area contributed by atoms with Crippen LogP contribution in [0.4, 0.5) is 0 Å². The normalized spacial score (nSPS) is 11.4. The van der Waals surface area contributed by atoms with Gasteiger partial charge >= 0.3 is 0 Å². The zero-order valence-electron chi connectivity index (χ0n) is 21.3. The van der Waals surface area contributed by atoms with Crippen molar-refractivity contribution in [2.45, 2.75) is 129 Å². The molecule has 0 aliphatic carbocycles. The molecule has 0 aromatic carbocycles. The molecule has 32 heavy (non-hydrogen) atoms. The van der Waals surface area contributed by atoms with Gasteiger partial charge in [-0.2, -0.15) is 0 Å². The van der Waals surface area contributed by atoms with Gasteiger partial charge in [-0.1, -0.05) is 76.7 Å². The van der Waals surface area contributed by atoms with Crippen LogP contribution in [0.3, 0.4) is 0 Å². The second-order valence-electron chi connectivity index (χ2n) is 8.83. The molecule has 186 valence electrons. The molecule has 4 nitrogen and oxygen atoms in total. The van der Waals surface area contributed by atoms with Crippen molar-refractivity contribution in [3.8, 4) is 0 Å². The van der Waals surface area contributed by atoms with E-state index >= 15 is 0 Å². The maximum absolute atomic E-state index is 11.9. The quantitative estimate of drug-likeness (QED) is 0.126. The number of amides is 2. The molecule has 0 saturated heterocycles. The first-order chi connectivity index (χ1) is 15.7. The van der Waals surface area contributed by atoms with Crippen LogP contribution in [0.5, 0.6) is 0 Å². The summed E-state index contributed by atoms with van der Waals surface area (Å²) in [5, 5.41) is 6.01. The molecule has 0 bridgehead atoms. The number of allylic oxidation sites excluding steroid dienone is 4. The van der Waals surface area contributed by atoms with Crippen LogP contribution in [0.15, 0.2) is 24.3 Å². The summed E-state index contributed by atoms with van der Waals surface area (Å²) >= 11 is 0. The van der Waals surface area contributed by atoms with E-state index in [-0.39, 0.29) is 11.8 Å². The molecule has 0 atom stereocenters. The molecule has 0 heterocycles. The van der Waals surface area contributed by atoms with Crippen molar-refractivity contribution in [3.63, 3.8) is 0 Å². The van der Waals surface area contributed by atoms with Crippen LogP contribution in [0.25, 0.3) is 0 Å². The van der Waals surface area contributed by atoms with Crippen molar-refractivity contribution in [2.24, 2.45) is 0 Å². The number of nitrogens with one attached hydrogen (secondary N) is 2. The number of unbranched alkanes of at least 4 members (excludes halogenated alkanes) is 11. The van der Waals surface area contributed by atoms with Crippen molar-refractivity contribution in [1.82, 2.24) is 10.6 Å². The highest BCUT2D eigenvalue weighted by Crippen LogP contribution is 2.06. The molecule has 0 rings (SSSR count). The van der Waals surface area contributed by atoms with E-state index in [4.69, 9.17) is 0 Å². The molecule has 0 aromatic heterocycles. The van der Waals surface area contributed by atoms with Crippen LogP contribution < -0.4 is 10.6 Å². The summed E-state index contributed by atoms with van der Waals surface area (Å²) in [5.41, 5.74) is 0. The summed E-state index contributed by atoms with van der Waals surface area (Å²) in [6.45, 7) is 5.96. The maximum atomic E-state index is 11.9. The summed E-state index contributed by atoms with van der Waals surface area (Å²) in [4.78, 5) is 23.7. The van der Waals surface area contributed by atoms with Gasteiger partial charge < -0.3 is 10.6 Å². The largest absolute Gasteiger partial charge is 0.356 e. The number of hydrogen-bond donors (Lipinski definition) is 2. The Morgan fingerprint density at radius 3 is 1.28 bits per heavy atom. The molecule has 0 fully saturated rings. The lowest BCUT2D eigenvalue weighted by Gasteiger charge is -2.06. The predicted molar refractivity (Wildman–Crippen MR) is 139 cm³/mol. The Labute approximate surface area is 199 Å². The Morgan fingerprint density at radius 2 is 0.875 bits per heavy atom. The van der Waals surface area contributed by atoms with Crippen molar-refractivity contribution in [1.29, 1.82) is 0 Å². The van der Waals surface area contributed by atoms with Crippen LogP contribution in [-0.4, -0.2) is 24.9 Å². The van der Waals surface area contributed by atoms with Crippen molar-refractivity contribution in [3.05, 3.63) is 24.3 Å². The van der Waals surface area contributed by atoms with Crippen LogP contribution in [0, 0.1) is 0 Å². The number of carbonyl (C=O) groups excluding carboxylic acids is 2. The predicted octanol–water partition coefficient (Wildman–Crippen LogP) is 7.39. The van der Waals surface area contributed by atoms with Gasteiger partial charge in [0.05, 0.1) is 0 Å². The highest BCUT2D eigenvalue weighted by Gasteiger charge is 2.04. The van der Waals surface area contributed by atoms with Gasteiger partial charge in [0, 0.05) is 25.9 Å². The minimum atomic E-state index is 0.123. The van der Waals surface area contributed by atoms with Gasteiger partial charge in [-0.25, -0.2) is 0 Å². The summed E-state index contributed by atoms with van der Waals surface area (Å²) < 4.78 is 0. The molecule has 0 aliphatic rings. The highest BCUT2D eigenvalue weighted by molar-refractivity contribution is 5.77. The Morgan fingerprint density at radius 1 is 0.500 bits per heavy atom. The fourth-order valence-electron chi connectivity index (χ4n) is 3.49. The van der Waals surface area contributed by atoms with Crippen LogP contribution in [-0.2, 0) is 9.59 Å². The molecule has 0 aromatic rings. The van der Waals surface area contributed by atoms with E-state index in [0.29, 0.717) is 12.8 Å². The summed E-state index contributed by atoms with van der Waals surface area (Å²) in [6.07, 6.45) is 28.4. The topological polar surface area (TPSA) is 58.2 Å². The fourth-order valence-corrected chi connectivity index (χ4v) is 3.49. The molecule has 2 N–H and O–H groups in total. The van der Waals surface area contributed by atoms with Crippen molar-refractivity contribution in [2.75, 3.05) is 13.1 Å². The Balaban J connectivity index is 3.35. The number of carbonyl (C=O) groups is 2. The van der Waals surface area contributed by atoms with Crippen molar-refractivity contribution < 1.29 is 9.59 Å². The van der Waals surface area contributed by atoms with Gasteiger partial charge in [0.1, 0.15) is 0 Å². The lowest BCUT2D eigenvalue weighted by atomic mass is 10.1. The standard InChI is InChI=1S/C28H52N2O2/c1-3-5-7-9-11-13-15-17-21-25-29-27(31)23-19-20-24-28(32)30-26-22-18-16-14-12-10-8-6-4-2/h7-10H,3-6,11-26H2,1-2H3,(H,29,31)(H,30,32)/b9-7+,10-8+. The second kappa shape index (κ2) is 25.7. The van der Waals surface area contributed by atoms with E-state index in [0.717, 1.165) is 38.8 Å². The monoisotopic (exact) mass is 448 g/mol. The Bertz CT molecular complexity index is 442. The average Bonchev–Trinajstić information content (AvgIpc) is 2.79. The fraction of sp³-hybridized carbons (Fsp3) is 0.786. The van der Waals surface area contributed by atoms with Gasteiger partial charge in [0.25, 0.3) is 0 Å². The molecule has 0 unspecified atom stereocenters. The summed E-state index contributed by atoms with van der Waals surface area (Å²) in [5.74, 6) is 0.245. The lowest BCUT2D eigenvalue weighted by molar-refractivity contribution is -0.123. The zero-order chi connectivity index (χ0) is 23.5. The minimum Gasteiger partial charge on any atom is -0.356 e. The summed E-state index contributed by atoms with van der Waals surface area (Å²) in [6, 6.07) is 0. The third kappa shape index (κ3) is 24.7.